The predicted molar refractivity (Wildman–Crippen MR) is 71.0 cm³/mol. The van der Waals surface area contributed by atoms with Crippen LogP contribution in [0.3, 0.4) is 0 Å². The lowest BCUT2D eigenvalue weighted by Crippen LogP contribution is -1.92. The molecule has 0 fully saturated rings. The minimum atomic E-state index is 0.614. The largest absolute Gasteiger partial charge is 0.299 e. The van der Waals surface area contributed by atoms with E-state index >= 15 is 0 Å². The molecule has 4 heteroatoms. The lowest BCUT2D eigenvalue weighted by molar-refractivity contribution is 0.112. The second-order valence-electron chi connectivity index (χ2n) is 3.90. The van der Waals surface area contributed by atoms with Gasteiger partial charge in [0.1, 0.15) is 5.82 Å². The van der Waals surface area contributed by atoms with E-state index in [2.05, 4.69) is 4.98 Å². The summed E-state index contributed by atoms with van der Waals surface area (Å²) >= 11 is 6.17. The van der Waals surface area contributed by atoms with Crippen molar-refractivity contribution >= 4 is 23.4 Å². The van der Waals surface area contributed by atoms with Gasteiger partial charge < -0.3 is 0 Å². The maximum Gasteiger partial charge on any atom is 0.152 e. The van der Waals surface area contributed by atoms with Crippen molar-refractivity contribution in [3.05, 3.63) is 59.4 Å². The number of imidazole rings is 1. The van der Waals surface area contributed by atoms with E-state index in [0.29, 0.717) is 10.6 Å². The van der Waals surface area contributed by atoms with Gasteiger partial charge in [0, 0.05) is 17.3 Å². The fourth-order valence-corrected chi connectivity index (χ4v) is 2.21. The van der Waals surface area contributed by atoms with E-state index in [-0.39, 0.29) is 0 Å². The summed E-state index contributed by atoms with van der Waals surface area (Å²) in [6.07, 6.45) is 4.38. The third kappa shape index (κ3) is 1.60. The molecule has 3 nitrogen and oxygen atoms in total. The number of hydrogen-bond donors (Lipinski definition) is 0. The minimum absolute atomic E-state index is 0.614. The molecule has 2 heterocycles. The van der Waals surface area contributed by atoms with Crippen molar-refractivity contribution < 1.29 is 4.79 Å². The molecule has 0 N–H and O–H groups in total. The van der Waals surface area contributed by atoms with E-state index < -0.39 is 0 Å². The van der Waals surface area contributed by atoms with Crippen LogP contribution < -0.4 is 0 Å². The summed E-state index contributed by atoms with van der Waals surface area (Å²) in [6.45, 7) is 0. The molecule has 88 valence electrons. The molecule has 0 aliphatic carbocycles. The first kappa shape index (κ1) is 11.0. The fraction of sp³-hybridized carbons (Fsp3) is 0. The van der Waals surface area contributed by atoms with E-state index in [4.69, 9.17) is 11.6 Å². The fourth-order valence-electron chi connectivity index (χ4n) is 1.98. The highest BCUT2D eigenvalue weighted by atomic mass is 35.5. The Morgan fingerprint density at radius 2 is 2.00 bits per heavy atom. The van der Waals surface area contributed by atoms with Crippen molar-refractivity contribution in [3.8, 4) is 11.4 Å². The van der Waals surface area contributed by atoms with Gasteiger partial charge in [-0.05, 0) is 24.3 Å². The molecule has 0 aliphatic heterocycles. The standard InChI is InChI=1S/C14H9ClN2O/c15-12-6-2-1-5-11(12)14-16-8-13-10(9-18)4-3-7-17(13)14/h1-9H. The highest BCUT2D eigenvalue weighted by Gasteiger charge is 2.10. The van der Waals surface area contributed by atoms with Crippen LogP contribution in [0.5, 0.6) is 0 Å². The second-order valence-corrected chi connectivity index (χ2v) is 4.31. The molecule has 0 amide bonds. The van der Waals surface area contributed by atoms with Gasteiger partial charge in [-0.15, -0.1) is 0 Å². The molecule has 0 bridgehead atoms. The number of carbonyl (C=O) groups is 1. The quantitative estimate of drug-likeness (QED) is 0.658. The van der Waals surface area contributed by atoms with Crippen LogP contribution in [0.4, 0.5) is 0 Å². The number of carbonyl (C=O) groups excluding carboxylic acids is 1. The molecule has 3 rings (SSSR count). The van der Waals surface area contributed by atoms with Crippen LogP contribution in [0.25, 0.3) is 16.9 Å². The Kier molecular flexibility index (Phi) is 2.61. The molecule has 1 aromatic carbocycles. The van der Waals surface area contributed by atoms with Crippen molar-refractivity contribution in [1.82, 2.24) is 9.38 Å². The van der Waals surface area contributed by atoms with Gasteiger partial charge in [-0.1, -0.05) is 23.7 Å². The summed E-state index contributed by atoms with van der Waals surface area (Å²) in [5.74, 6) is 0.735. The molecule has 0 unspecified atom stereocenters. The number of rotatable bonds is 2. The van der Waals surface area contributed by atoms with Crippen LogP contribution in [0.2, 0.25) is 5.02 Å². The van der Waals surface area contributed by atoms with Gasteiger partial charge in [-0.25, -0.2) is 4.98 Å². The molecule has 18 heavy (non-hydrogen) atoms. The van der Waals surface area contributed by atoms with Crippen LogP contribution in [0.1, 0.15) is 10.4 Å². The second kappa shape index (κ2) is 4.27. The Morgan fingerprint density at radius 1 is 1.17 bits per heavy atom. The molecule has 2 aromatic heterocycles. The number of hydrogen-bond acceptors (Lipinski definition) is 2. The number of aromatic nitrogens is 2. The summed E-state index contributed by atoms with van der Waals surface area (Å²) in [7, 11) is 0. The molecule has 0 aliphatic rings. The monoisotopic (exact) mass is 256 g/mol. The van der Waals surface area contributed by atoms with Gasteiger partial charge in [0.15, 0.2) is 6.29 Å². The van der Waals surface area contributed by atoms with Crippen LogP contribution in [-0.2, 0) is 0 Å². The molecular weight excluding hydrogens is 248 g/mol. The van der Waals surface area contributed by atoms with Gasteiger partial charge in [0.05, 0.1) is 16.7 Å². The summed E-state index contributed by atoms with van der Waals surface area (Å²) < 4.78 is 1.87. The Bertz CT molecular complexity index is 733. The first-order chi connectivity index (χ1) is 8.81. The first-order valence-corrected chi connectivity index (χ1v) is 5.85. The van der Waals surface area contributed by atoms with E-state index in [9.17, 15) is 4.79 Å². The van der Waals surface area contributed by atoms with Crippen molar-refractivity contribution in [2.24, 2.45) is 0 Å². The zero-order chi connectivity index (χ0) is 12.5. The van der Waals surface area contributed by atoms with E-state index in [1.807, 2.05) is 40.9 Å². The zero-order valence-electron chi connectivity index (χ0n) is 9.38. The maximum atomic E-state index is 11.0. The number of nitrogens with zero attached hydrogens (tertiary/aromatic N) is 2. The van der Waals surface area contributed by atoms with Gasteiger partial charge in [-0.3, -0.25) is 9.20 Å². The van der Waals surface area contributed by atoms with Gasteiger partial charge in [0.2, 0.25) is 0 Å². The van der Waals surface area contributed by atoms with Crippen molar-refractivity contribution in [2.45, 2.75) is 0 Å². The zero-order valence-corrected chi connectivity index (χ0v) is 10.1. The smallest absolute Gasteiger partial charge is 0.152 e. The molecule has 3 aromatic rings. The highest BCUT2D eigenvalue weighted by Crippen LogP contribution is 2.27. The Morgan fingerprint density at radius 3 is 2.78 bits per heavy atom. The average Bonchev–Trinajstić information content (AvgIpc) is 2.83. The normalized spacial score (nSPS) is 10.7. The van der Waals surface area contributed by atoms with Crippen molar-refractivity contribution in [3.63, 3.8) is 0 Å². The molecule has 0 radical (unpaired) electrons. The number of aldehydes is 1. The number of halogens is 1. The van der Waals surface area contributed by atoms with Gasteiger partial charge in [-0.2, -0.15) is 0 Å². The Balaban J connectivity index is 2.32. The molecule has 0 saturated carbocycles. The topological polar surface area (TPSA) is 34.4 Å². The summed E-state index contributed by atoms with van der Waals surface area (Å²) in [4.78, 5) is 15.3. The Hall–Kier alpha value is -2.13. The number of benzene rings is 1. The van der Waals surface area contributed by atoms with Crippen molar-refractivity contribution in [1.29, 1.82) is 0 Å². The van der Waals surface area contributed by atoms with Gasteiger partial charge in [0.25, 0.3) is 0 Å². The lowest BCUT2D eigenvalue weighted by atomic mass is 10.2. The highest BCUT2D eigenvalue weighted by molar-refractivity contribution is 6.33. The average molecular weight is 257 g/mol. The van der Waals surface area contributed by atoms with E-state index in [1.165, 1.54) is 0 Å². The van der Waals surface area contributed by atoms with Crippen LogP contribution in [0.15, 0.2) is 48.8 Å². The predicted octanol–water partition coefficient (Wildman–Crippen LogP) is 3.47. The number of pyridine rings is 1. The summed E-state index contributed by atoms with van der Waals surface area (Å²) in [6, 6.07) is 11.1. The molecular formula is C14H9ClN2O. The van der Waals surface area contributed by atoms with Gasteiger partial charge >= 0.3 is 0 Å². The SMILES string of the molecule is O=Cc1cccn2c(-c3ccccc3Cl)ncc12. The molecule has 0 atom stereocenters. The summed E-state index contributed by atoms with van der Waals surface area (Å²) in [5, 5.41) is 0.640. The van der Waals surface area contributed by atoms with Crippen LogP contribution in [-0.4, -0.2) is 15.7 Å². The lowest BCUT2D eigenvalue weighted by Gasteiger charge is -2.04. The van der Waals surface area contributed by atoms with Crippen molar-refractivity contribution in [2.75, 3.05) is 0 Å². The summed E-state index contributed by atoms with van der Waals surface area (Å²) in [5.41, 5.74) is 2.24. The Labute approximate surface area is 109 Å². The first-order valence-electron chi connectivity index (χ1n) is 5.47. The maximum absolute atomic E-state index is 11.0. The van der Waals surface area contributed by atoms with E-state index in [0.717, 1.165) is 23.2 Å². The molecule has 0 spiro atoms. The molecule has 0 saturated heterocycles. The number of fused-ring (bicyclic) bond motifs is 1. The minimum Gasteiger partial charge on any atom is -0.299 e. The third-order valence-corrected chi connectivity index (χ3v) is 3.17. The third-order valence-electron chi connectivity index (χ3n) is 2.85. The van der Waals surface area contributed by atoms with E-state index in [1.54, 1.807) is 12.3 Å². The van der Waals surface area contributed by atoms with Crippen LogP contribution in [0, 0.1) is 0 Å². The van der Waals surface area contributed by atoms with Crippen LogP contribution >= 0.6 is 11.6 Å².